The fraction of sp³-hybridized carbons (Fsp3) is 0.800. The van der Waals surface area contributed by atoms with Gasteiger partial charge in [0.15, 0.2) is 0 Å². The Kier molecular flexibility index (Phi) is 5.85. The van der Waals surface area contributed by atoms with E-state index in [0.29, 0.717) is 21.7 Å². The molecular formula is C25H40O. The fourth-order valence-corrected chi connectivity index (χ4v) is 7.19. The van der Waals surface area contributed by atoms with Crippen LogP contribution >= 0.6 is 0 Å². The summed E-state index contributed by atoms with van der Waals surface area (Å²) in [5.74, 6) is 0. The predicted molar refractivity (Wildman–Crippen MR) is 111 cm³/mol. The molecule has 0 aliphatic heterocycles. The van der Waals surface area contributed by atoms with Crippen LogP contribution in [0.5, 0.6) is 0 Å². The first kappa shape index (κ1) is 19.9. The van der Waals surface area contributed by atoms with Gasteiger partial charge in [-0.3, -0.25) is 0 Å². The maximum atomic E-state index is 10.8. The Morgan fingerprint density at radius 2 is 1.54 bits per heavy atom. The van der Waals surface area contributed by atoms with Gasteiger partial charge in [0.1, 0.15) is 6.29 Å². The topological polar surface area (TPSA) is 17.1 Å². The molecule has 3 rings (SSSR count). The lowest BCUT2D eigenvalue weighted by Crippen LogP contribution is -2.63. The van der Waals surface area contributed by atoms with Gasteiger partial charge in [-0.05, 0) is 85.9 Å². The molecule has 0 aromatic carbocycles. The van der Waals surface area contributed by atoms with Crippen LogP contribution in [0.15, 0.2) is 24.3 Å². The minimum Gasteiger partial charge on any atom is -0.303 e. The molecule has 0 atom stereocenters. The van der Waals surface area contributed by atoms with Crippen LogP contribution in [0.25, 0.3) is 0 Å². The summed E-state index contributed by atoms with van der Waals surface area (Å²) in [6, 6.07) is 0. The molecule has 146 valence electrons. The number of hydrogen-bond donors (Lipinski definition) is 0. The van der Waals surface area contributed by atoms with E-state index in [1.165, 1.54) is 70.6 Å². The maximum absolute atomic E-state index is 10.8. The van der Waals surface area contributed by atoms with Crippen molar-refractivity contribution in [2.24, 2.45) is 21.7 Å². The second-order valence-corrected chi connectivity index (χ2v) is 10.6. The van der Waals surface area contributed by atoms with E-state index in [2.05, 4.69) is 45.1 Å². The van der Waals surface area contributed by atoms with Crippen molar-refractivity contribution in [3.8, 4) is 0 Å². The third-order valence-electron chi connectivity index (χ3n) is 7.72. The van der Waals surface area contributed by atoms with Crippen molar-refractivity contribution >= 4 is 6.29 Å². The quantitative estimate of drug-likeness (QED) is 0.226. The molecule has 0 radical (unpaired) electrons. The van der Waals surface area contributed by atoms with Crippen molar-refractivity contribution < 1.29 is 4.79 Å². The molecule has 3 fully saturated rings. The van der Waals surface area contributed by atoms with E-state index in [1.807, 2.05) is 0 Å². The number of carbonyl (C=O) groups is 1. The van der Waals surface area contributed by atoms with Gasteiger partial charge in [0, 0.05) is 6.42 Å². The molecule has 2 spiro atoms. The molecule has 0 amide bonds. The van der Waals surface area contributed by atoms with E-state index in [9.17, 15) is 4.79 Å². The Hall–Kier alpha value is -0.850. The Morgan fingerprint density at radius 1 is 0.846 bits per heavy atom. The third kappa shape index (κ3) is 4.02. The molecule has 3 saturated carbocycles. The van der Waals surface area contributed by atoms with Crippen LogP contribution in [-0.2, 0) is 4.79 Å². The number of rotatable bonds is 10. The highest BCUT2D eigenvalue weighted by Crippen LogP contribution is 2.78. The van der Waals surface area contributed by atoms with Crippen molar-refractivity contribution in [1.82, 2.24) is 0 Å². The first-order valence-corrected chi connectivity index (χ1v) is 11.2. The summed E-state index contributed by atoms with van der Waals surface area (Å²) in [5.41, 5.74) is 2.12. The van der Waals surface area contributed by atoms with Gasteiger partial charge in [-0.15, -0.1) is 0 Å². The standard InChI is InChI=1S/C25H40O/c1-4-6-7-8-9-10-11-12-13-23(5-2)18-25(19-23)20-24(21-25)16-22(3,17-24)14-15-26/h9-10,12-13,15H,4-8,11,14,16-21H2,1-3H3/b10-9-,13-12-. The molecule has 0 aromatic rings. The van der Waals surface area contributed by atoms with Crippen molar-refractivity contribution in [3.63, 3.8) is 0 Å². The molecule has 1 nitrogen and oxygen atoms in total. The minimum absolute atomic E-state index is 0.332. The Morgan fingerprint density at radius 3 is 2.15 bits per heavy atom. The summed E-state index contributed by atoms with van der Waals surface area (Å²) in [5, 5.41) is 0. The summed E-state index contributed by atoms with van der Waals surface area (Å²) < 4.78 is 0. The Labute approximate surface area is 161 Å². The van der Waals surface area contributed by atoms with Gasteiger partial charge in [0.2, 0.25) is 0 Å². The smallest absolute Gasteiger partial charge is 0.120 e. The van der Waals surface area contributed by atoms with Crippen LogP contribution in [0.3, 0.4) is 0 Å². The summed E-state index contributed by atoms with van der Waals surface area (Å²) in [6.07, 6.45) is 27.6. The monoisotopic (exact) mass is 356 g/mol. The Balaban J connectivity index is 1.39. The van der Waals surface area contributed by atoms with Crippen molar-refractivity contribution in [2.45, 2.75) is 104 Å². The number of hydrogen-bond acceptors (Lipinski definition) is 1. The lowest BCUT2D eigenvalue weighted by Gasteiger charge is -2.73. The molecule has 0 heterocycles. The van der Waals surface area contributed by atoms with Crippen LogP contribution in [0.1, 0.15) is 104 Å². The van der Waals surface area contributed by atoms with E-state index >= 15 is 0 Å². The summed E-state index contributed by atoms with van der Waals surface area (Å²) in [4.78, 5) is 10.8. The van der Waals surface area contributed by atoms with Crippen molar-refractivity contribution in [3.05, 3.63) is 24.3 Å². The number of carbonyl (C=O) groups excluding carboxylic acids is 1. The molecule has 3 aliphatic rings. The summed E-state index contributed by atoms with van der Waals surface area (Å²) >= 11 is 0. The van der Waals surface area contributed by atoms with Gasteiger partial charge >= 0.3 is 0 Å². The zero-order valence-corrected chi connectivity index (χ0v) is 17.5. The number of unbranched alkanes of at least 4 members (excludes halogenated alkanes) is 3. The second kappa shape index (κ2) is 7.64. The van der Waals surface area contributed by atoms with Gasteiger partial charge in [-0.2, -0.15) is 0 Å². The lowest BCUT2D eigenvalue weighted by molar-refractivity contribution is -0.222. The molecule has 0 unspecified atom stereocenters. The van der Waals surface area contributed by atoms with E-state index in [0.717, 1.165) is 19.1 Å². The van der Waals surface area contributed by atoms with Crippen LogP contribution in [0.4, 0.5) is 0 Å². The highest BCUT2D eigenvalue weighted by atomic mass is 16.1. The zero-order valence-electron chi connectivity index (χ0n) is 17.5. The maximum Gasteiger partial charge on any atom is 0.120 e. The molecule has 0 saturated heterocycles. The summed E-state index contributed by atoms with van der Waals surface area (Å²) in [7, 11) is 0. The van der Waals surface area contributed by atoms with Crippen molar-refractivity contribution in [2.75, 3.05) is 0 Å². The lowest BCUT2D eigenvalue weighted by atomic mass is 9.31. The van der Waals surface area contributed by atoms with Crippen molar-refractivity contribution in [1.29, 1.82) is 0 Å². The van der Waals surface area contributed by atoms with E-state index in [1.54, 1.807) is 0 Å². The van der Waals surface area contributed by atoms with E-state index in [-0.39, 0.29) is 0 Å². The highest BCUT2D eigenvalue weighted by molar-refractivity contribution is 5.51. The molecule has 0 aromatic heterocycles. The third-order valence-corrected chi connectivity index (χ3v) is 7.72. The second-order valence-electron chi connectivity index (χ2n) is 10.6. The van der Waals surface area contributed by atoms with E-state index < -0.39 is 0 Å². The first-order valence-electron chi connectivity index (χ1n) is 11.2. The molecule has 3 aliphatic carbocycles. The van der Waals surface area contributed by atoms with Crippen LogP contribution in [-0.4, -0.2) is 6.29 Å². The normalized spacial score (nSPS) is 41.5. The average molecular weight is 357 g/mol. The largest absolute Gasteiger partial charge is 0.303 e. The number of aldehydes is 1. The fourth-order valence-electron chi connectivity index (χ4n) is 7.19. The van der Waals surface area contributed by atoms with Gasteiger partial charge in [0.05, 0.1) is 0 Å². The molecular weight excluding hydrogens is 316 g/mol. The van der Waals surface area contributed by atoms with Gasteiger partial charge in [-0.1, -0.05) is 57.9 Å². The van der Waals surface area contributed by atoms with E-state index in [4.69, 9.17) is 0 Å². The zero-order chi connectivity index (χ0) is 18.7. The molecule has 0 bridgehead atoms. The molecule has 0 N–H and O–H groups in total. The molecule has 1 heteroatoms. The Bertz CT molecular complexity index is 531. The predicted octanol–water partition coefficient (Wildman–Crippen LogP) is 7.42. The SMILES string of the molecule is CCCCC/C=C\C/C=C\C1(CC)CC2(C1)CC1(CC(C)(CC=O)C1)C2. The van der Waals surface area contributed by atoms with Gasteiger partial charge in [0.25, 0.3) is 0 Å². The van der Waals surface area contributed by atoms with Gasteiger partial charge < -0.3 is 4.79 Å². The minimum atomic E-state index is 0.332. The average Bonchev–Trinajstić information content (AvgIpc) is 2.51. The highest BCUT2D eigenvalue weighted by Gasteiger charge is 2.68. The van der Waals surface area contributed by atoms with Crippen LogP contribution < -0.4 is 0 Å². The summed E-state index contributed by atoms with van der Waals surface area (Å²) in [6.45, 7) is 6.95. The van der Waals surface area contributed by atoms with Crippen LogP contribution in [0.2, 0.25) is 0 Å². The molecule has 26 heavy (non-hydrogen) atoms. The first-order chi connectivity index (χ1) is 12.4. The van der Waals surface area contributed by atoms with Crippen LogP contribution in [0, 0.1) is 21.7 Å². The van der Waals surface area contributed by atoms with Gasteiger partial charge in [-0.25, -0.2) is 0 Å². The number of allylic oxidation sites excluding steroid dienone is 4.